The zero-order valence-electron chi connectivity index (χ0n) is 24.8. The molecular formula is C31H42LiNO6S2. The molecule has 1 aliphatic rings. The van der Waals surface area contributed by atoms with Crippen molar-refractivity contribution in [2.45, 2.75) is 77.5 Å². The molecule has 1 saturated carbocycles. The van der Waals surface area contributed by atoms with Crippen LogP contribution in [0.1, 0.15) is 73.4 Å². The molecule has 0 bridgehead atoms. The number of hydrogen-bond donors (Lipinski definition) is 1. The van der Waals surface area contributed by atoms with Gasteiger partial charge in [0.15, 0.2) is 9.84 Å². The van der Waals surface area contributed by atoms with Gasteiger partial charge in [0.25, 0.3) is 5.91 Å². The second kappa shape index (κ2) is 17.4. The summed E-state index contributed by atoms with van der Waals surface area (Å²) < 4.78 is 31.2. The SMILES string of the molecule is CCS(=O)(=O)CC(CC1CCCCC1)OCc1ccc(C(=O)N[C@@H](CCSC)C(=O)[O-])c(-c2ccccc2C)c1.[Li+]. The number of carbonyl (C=O) groups excluding carboxylic acids is 2. The Hall–Kier alpha value is -1.76. The summed E-state index contributed by atoms with van der Waals surface area (Å²) in [5.74, 6) is -0.646. The van der Waals surface area contributed by atoms with Gasteiger partial charge in [0.05, 0.1) is 30.5 Å². The topological polar surface area (TPSA) is 113 Å². The second-order valence-corrected chi connectivity index (χ2v) is 14.1. The fourth-order valence-electron chi connectivity index (χ4n) is 5.29. The predicted octanol–water partition coefficient (Wildman–Crippen LogP) is 1.56. The van der Waals surface area contributed by atoms with E-state index in [1.54, 1.807) is 19.1 Å². The fourth-order valence-corrected chi connectivity index (χ4v) is 6.80. The molecule has 3 rings (SSSR count). The maximum Gasteiger partial charge on any atom is 1.00 e. The molecule has 1 aliphatic carbocycles. The molecule has 2 aromatic carbocycles. The normalized spacial score (nSPS) is 15.5. The molecule has 0 saturated heterocycles. The molecule has 1 unspecified atom stereocenters. The summed E-state index contributed by atoms with van der Waals surface area (Å²) >= 11 is 1.50. The minimum Gasteiger partial charge on any atom is -0.548 e. The number of amides is 1. The van der Waals surface area contributed by atoms with Gasteiger partial charge in [0.1, 0.15) is 0 Å². The first-order chi connectivity index (χ1) is 19.1. The van der Waals surface area contributed by atoms with E-state index in [2.05, 4.69) is 5.32 Å². The predicted molar refractivity (Wildman–Crippen MR) is 160 cm³/mol. The van der Waals surface area contributed by atoms with Crippen molar-refractivity contribution in [3.05, 3.63) is 59.2 Å². The molecule has 41 heavy (non-hydrogen) atoms. The van der Waals surface area contributed by atoms with Gasteiger partial charge in [-0.25, -0.2) is 8.42 Å². The molecule has 0 radical (unpaired) electrons. The zero-order chi connectivity index (χ0) is 29.1. The van der Waals surface area contributed by atoms with Crippen LogP contribution in [0.15, 0.2) is 42.5 Å². The number of thioether (sulfide) groups is 1. The molecule has 1 amide bonds. The Labute approximate surface area is 261 Å². The van der Waals surface area contributed by atoms with Gasteiger partial charge in [-0.3, -0.25) is 4.79 Å². The van der Waals surface area contributed by atoms with Gasteiger partial charge in [0.2, 0.25) is 0 Å². The van der Waals surface area contributed by atoms with E-state index in [0.29, 0.717) is 22.8 Å². The Morgan fingerprint density at radius 3 is 2.44 bits per heavy atom. The quantitative estimate of drug-likeness (QED) is 0.311. The van der Waals surface area contributed by atoms with Crippen molar-refractivity contribution in [1.29, 1.82) is 0 Å². The number of carboxylic acid groups (broad SMARTS) is 1. The summed E-state index contributed by atoms with van der Waals surface area (Å²) in [6, 6.07) is 12.0. The smallest absolute Gasteiger partial charge is 0.548 e. The standard InChI is InChI=1S/C31H43NO6S2.Li/c1-4-40(36,37)21-25(18-23-11-6-5-7-12-23)38-20-24-14-15-27(28(19-24)26-13-9-8-10-22(26)2)30(33)32-29(31(34)35)16-17-39-3;/h8-10,13-15,19,23,25,29H,4-7,11-12,16-18,20-21H2,1-3H3,(H,32,33)(H,34,35);/q;+1/p-1/t25?,29-;/m0./s1. The summed E-state index contributed by atoms with van der Waals surface area (Å²) in [6.45, 7) is 3.84. The molecule has 2 atom stereocenters. The number of carbonyl (C=O) groups is 2. The average molecular weight is 596 g/mol. The van der Waals surface area contributed by atoms with Crippen LogP contribution in [0, 0.1) is 12.8 Å². The van der Waals surface area contributed by atoms with Crippen LogP contribution in [-0.4, -0.2) is 56.0 Å². The molecule has 1 N–H and O–H groups in total. The molecule has 2 aromatic rings. The van der Waals surface area contributed by atoms with Crippen molar-refractivity contribution in [3.8, 4) is 11.1 Å². The number of nitrogens with one attached hydrogen (secondary N) is 1. The number of ether oxygens (including phenoxy) is 1. The Kier molecular flexibility index (Phi) is 15.0. The van der Waals surface area contributed by atoms with Crippen LogP contribution in [0.25, 0.3) is 11.1 Å². The average Bonchev–Trinajstić information content (AvgIpc) is 2.94. The third-order valence-electron chi connectivity index (χ3n) is 7.65. The summed E-state index contributed by atoms with van der Waals surface area (Å²) in [5, 5.41) is 14.3. The van der Waals surface area contributed by atoms with E-state index in [0.717, 1.165) is 36.0 Å². The monoisotopic (exact) mass is 595 g/mol. The molecule has 10 heteroatoms. The van der Waals surface area contributed by atoms with E-state index >= 15 is 0 Å². The zero-order valence-corrected chi connectivity index (χ0v) is 26.5. The van der Waals surface area contributed by atoms with Crippen molar-refractivity contribution in [1.82, 2.24) is 5.32 Å². The largest absolute Gasteiger partial charge is 1.00 e. The molecule has 7 nitrogen and oxygen atoms in total. The number of hydrogen-bond acceptors (Lipinski definition) is 7. The number of aliphatic carboxylic acids is 1. The van der Waals surface area contributed by atoms with E-state index in [1.807, 2.05) is 43.5 Å². The van der Waals surface area contributed by atoms with Gasteiger partial charge in [0, 0.05) is 11.3 Å². The summed E-state index contributed by atoms with van der Waals surface area (Å²) in [6.07, 6.45) is 8.29. The summed E-state index contributed by atoms with van der Waals surface area (Å²) in [7, 11) is -3.21. The minimum absolute atomic E-state index is 0. The number of carboxylic acids is 1. The van der Waals surface area contributed by atoms with Crippen LogP contribution >= 0.6 is 11.8 Å². The number of aryl methyl sites for hydroxylation is 1. The number of rotatable bonds is 15. The number of benzene rings is 2. The Morgan fingerprint density at radius 1 is 1.10 bits per heavy atom. The van der Waals surface area contributed by atoms with Crippen LogP contribution in [0.2, 0.25) is 0 Å². The van der Waals surface area contributed by atoms with Crippen molar-refractivity contribution in [3.63, 3.8) is 0 Å². The molecule has 0 aliphatic heterocycles. The van der Waals surface area contributed by atoms with Crippen LogP contribution < -0.4 is 29.3 Å². The Morgan fingerprint density at radius 2 is 1.80 bits per heavy atom. The van der Waals surface area contributed by atoms with Crippen molar-refractivity contribution < 1.29 is 46.7 Å². The van der Waals surface area contributed by atoms with Crippen molar-refractivity contribution >= 4 is 33.5 Å². The van der Waals surface area contributed by atoms with Gasteiger partial charge in [-0.15, -0.1) is 0 Å². The van der Waals surface area contributed by atoms with Gasteiger partial charge in [-0.2, -0.15) is 11.8 Å². The molecule has 1 fully saturated rings. The third-order valence-corrected chi connectivity index (χ3v) is 10.1. The molecule has 220 valence electrons. The molecule has 0 heterocycles. The van der Waals surface area contributed by atoms with Crippen LogP contribution in [0.4, 0.5) is 0 Å². The van der Waals surface area contributed by atoms with E-state index in [4.69, 9.17) is 4.74 Å². The Balaban J connectivity index is 0.00000588. The molecular weight excluding hydrogens is 553 g/mol. The molecule has 0 spiro atoms. The van der Waals surface area contributed by atoms with Gasteiger partial charge in [-0.1, -0.05) is 69.4 Å². The first-order valence-corrected chi connectivity index (χ1v) is 17.4. The van der Waals surface area contributed by atoms with Crippen LogP contribution in [-0.2, 0) is 26.0 Å². The maximum atomic E-state index is 13.3. The van der Waals surface area contributed by atoms with Crippen LogP contribution in [0.3, 0.4) is 0 Å². The summed E-state index contributed by atoms with van der Waals surface area (Å²) in [4.78, 5) is 25.0. The summed E-state index contributed by atoms with van der Waals surface area (Å²) in [5.41, 5.74) is 3.68. The second-order valence-electron chi connectivity index (χ2n) is 10.7. The first-order valence-electron chi connectivity index (χ1n) is 14.1. The van der Waals surface area contributed by atoms with Crippen molar-refractivity contribution in [2.24, 2.45) is 5.92 Å². The van der Waals surface area contributed by atoms with E-state index in [-0.39, 0.29) is 43.4 Å². The van der Waals surface area contributed by atoms with Gasteiger partial charge >= 0.3 is 18.9 Å². The molecule has 0 aromatic heterocycles. The van der Waals surface area contributed by atoms with E-state index in [1.165, 1.54) is 31.0 Å². The van der Waals surface area contributed by atoms with Gasteiger partial charge < -0.3 is 20.0 Å². The van der Waals surface area contributed by atoms with E-state index in [9.17, 15) is 23.1 Å². The first kappa shape index (κ1) is 35.4. The van der Waals surface area contributed by atoms with Gasteiger partial charge in [-0.05, 0) is 72.1 Å². The fraction of sp³-hybridized carbons (Fsp3) is 0.548. The maximum absolute atomic E-state index is 13.3. The van der Waals surface area contributed by atoms with E-state index < -0.39 is 33.9 Å². The third kappa shape index (κ3) is 11.1. The Bertz CT molecular complexity index is 1250. The van der Waals surface area contributed by atoms with Crippen molar-refractivity contribution in [2.75, 3.05) is 23.5 Å². The number of sulfone groups is 1. The van der Waals surface area contributed by atoms with Crippen LogP contribution in [0.5, 0.6) is 0 Å². The minimum atomic E-state index is -3.21.